The molecule has 138 valence electrons. The third-order valence-electron chi connectivity index (χ3n) is 3.74. The van der Waals surface area contributed by atoms with E-state index in [0.29, 0.717) is 22.9 Å². The van der Waals surface area contributed by atoms with Crippen molar-refractivity contribution in [2.24, 2.45) is 0 Å². The summed E-state index contributed by atoms with van der Waals surface area (Å²) in [5, 5.41) is 3.26. The number of thioether (sulfide) groups is 1. The summed E-state index contributed by atoms with van der Waals surface area (Å²) in [5.41, 5.74) is 0.729. The Morgan fingerprint density at radius 2 is 2.04 bits per heavy atom. The fraction of sp³-hybridized carbons (Fsp3) is 0.235. The Balaban J connectivity index is 1.96. The van der Waals surface area contributed by atoms with Gasteiger partial charge in [-0.1, -0.05) is 18.5 Å². The Morgan fingerprint density at radius 1 is 1.27 bits per heavy atom. The number of amides is 1. The number of carbonyl (C=O) groups is 1. The molecule has 2 aromatic rings. The summed E-state index contributed by atoms with van der Waals surface area (Å²) in [6.45, 7) is 1.96. The second-order valence-electron chi connectivity index (χ2n) is 5.79. The van der Waals surface area contributed by atoms with Crippen LogP contribution in [0.3, 0.4) is 0 Å². The average molecular weight is 413 g/mol. The molecule has 0 unspecified atom stereocenters. The van der Waals surface area contributed by atoms with Gasteiger partial charge in [0.05, 0.1) is 23.4 Å². The number of anilines is 2. The number of hydrogen-bond acceptors (Lipinski definition) is 5. The van der Waals surface area contributed by atoms with Crippen LogP contribution in [0.15, 0.2) is 46.2 Å². The molecule has 0 aliphatic carbocycles. The lowest BCUT2D eigenvalue weighted by atomic mass is 10.3. The molecule has 1 aliphatic rings. The van der Waals surface area contributed by atoms with E-state index in [2.05, 4.69) is 10.0 Å². The molecule has 1 amide bonds. The molecule has 2 aromatic carbocycles. The lowest BCUT2D eigenvalue weighted by molar-refractivity contribution is -0.116. The normalized spacial score (nSPS) is 17.0. The number of ether oxygens (including phenoxy) is 1. The summed E-state index contributed by atoms with van der Waals surface area (Å²) >= 11 is 7.48. The zero-order valence-electron chi connectivity index (χ0n) is 14.1. The average Bonchev–Trinajstić information content (AvgIpc) is 2.70. The topological polar surface area (TPSA) is 84.5 Å². The van der Waals surface area contributed by atoms with Crippen LogP contribution >= 0.6 is 23.4 Å². The number of sulfonamides is 1. The van der Waals surface area contributed by atoms with Gasteiger partial charge < -0.3 is 10.1 Å². The maximum atomic E-state index is 12.8. The Bertz CT molecular complexity index is 963. The second-order valence-corrected chi connectivity index (χ2v) is 9.39. The van der Waals surface area contributed by atoms with Crippen LogP contribution in [0.1, 0.15) is 13.3 Å². The quantitative estimate of drug-likeness (QED) is 0.793. The third-order valence-corrected chi connectivity index (χ3v) is 6.52. The van der Waals surface area contributed by atoms with Crippen LogP contribution in [0.5, 0.6) is 5.75 Å². The monoisotopic (exact) mass is 412 g/mol. The molecule has 2 N–H and O–H groups in total. The first-order chi connectivity index (χ1) is 12.3. The minimum Gasteiger partial charge on any atom is -0.495 e. The van der Waals surface area contributed by atoms with Gasteiger partial charge in [0.25, 0.3) is 10.0 Å². The van der Waals surface area contributed by atoms with Gasteiger partial charge in [-0.3, -0.25) is 9.52 Å². The Labute approximate surface area is 161 Å². The van der Waals surface area contributed by atoms with Crippen molar-refractivity contribution in [2.75, 3.05) is 17.1 Å². The Morgan fingerprint density at radius 3 is 2.77 bits per heavy atom. The smallest absolute Gasteiger partial charge is 0.262 e. The SMILES string of the molecule is COc1ccc(Cl)cc1NS(=O)(=O)c1ccc2c(c1)NC(=O)C[C@@H](C)S2. The molecule has 0 fully saturated rings. The van der Waals surface area contributed by atoms with E-state index < -0.39 is 10.0 Å². The van der Waals surface area contributed by atoms with E-state index >= 15 is 0 Å². The van der Waals surface area contributed by atoms with Gasteiger partial charge in [0.15, 0.2) is 0 Å². The summed E-state index contributed by atoms with van der Waals surface area (Å²) in [4.78, 5) is 12.8. The number of benzene rings is 2. The van der Waals surface area contributed by atoms with Crippen LogP contribution in [0, 0.1) is 0 Å². The molecule has 0 saturated carbocycles. The van der Waals surface area contributed by atoms with Crippen LogP contribution < -0.4 is 14.8 Å². The number of hydrogen-bond donors (Lipinski definition) is 2. The summed E-state index contributed by atoms with van der Waals surface area (Å²) in [7, 11) is -2.45. The maximum Gasteiger partial charge on any atom is 0.262 e. The number of halogens is 1. The highest BCUT2D eigenvalue weighted by Gasteiger charge is 2.23. The predicted molar refractivity (Wildman–Crippen MR) is 104 cm³/mol. The molecule has 0 saturated heterocycles. The van der Waals surface area contributed by atoms with E-state index in [1.807, 2.05) is 6.92 Å². The number of methoxy groups -OCH3 is 1. The van der Waals surface area contributed by atoms with Crippen LogP contribution in [0.4, 0.5) is 11.4 Å². The number of carbonyl (C=O) groups excluding carboxylic acids is 1. The summed E-state index contributed by atoms with van der Waals surface area (Å²) < 4.78 is 33.2. The van der Waals surface area contributed by atoms with E-state index in [1.54, 1.807) is 18.2 Å². The highest BCUT2D eigenvalue weighted by atomic mass is 35.5. The van der Waals surface area contributed by atoms with Crippen LogP contribution in [0.25, 0.3) is 0 Å². The Hall–Kier alpha value is -1.90. The standard InChI is InChI=1S/C17H17ClN2O4S2/c1-10-7-17(21)19-14-9-12(4-6-16(14)25-10)26(22,23)20-13-8-11(18)3-5-15(13)24-2/h3-6,8-10,20H,7H2,1-2H3,(H,19,21)/t10-/m1/s1. The van der Waals surface area contributed by atoms with Crippen molar-refractivity contribution in [2.45, 2.75) is 28.4 Å². The molecular formula is C17H17ClN2O4S2. The molecule has 1 atom stereocenters. The second kappa shape index (κ2) is 7.38. The van der Waals surface area contributed by atoms with E-state index in [9.17, 15) is 13.2 Å². The van der Waals surface area contributed by atoms with Crippen LogP contribution in [0.2, 0.25) is 5.02 Å². The van der Waals surface area contributed by atoms with E-state index in [0.717, 1.165) is 4.90 Å². The van der Waals surface area contributed by atoms with Crippen molar-refractivity contribution in [1.29, 1.82) is 0 Å². The molecule has 6 nitrogen and oxygen atoms in total. The largest absolute Gasteiger partial charge is 0.495 e. The minimum atomic E-state index is -3.89. The molecule has 9 heteroatoms. The summed E-state index contributed by atoms with van der Waals surface area (Å²) in [6, 6.07) is 9.32. The first-order valence-electron chi connectivity index (χ1n) is 7.75. The van der Waals surface area contributed by atoms with Crippen molar-refractivity contribution in [1.82, 2.24) is 0 Å². The fourth-order valence-corrected chi connectivity index (χ4v) is 4.87. The molecule has 1 heterocycles. The maximum absolute atomic E-state index is 12.8. The van der Waals surface area contributed by atoms with Crippen molar-refractivity contribution in [3.8, 4) is 5.75 Å². The number of rotatable bonds is 4. The predicted octanol–water partition coefficient (Wildman–Crippen LogP) is 3.97. The van der Waals surface area contributed by atoms with Gasteiger partial charge in [-0.25, -0.2) is 8.42 Å². The summed E-state index contributed by atoms with van der Waals surface area (Å²) in [5.74, 6) is 0.216. The number of nitrogens with one attached hydrogen (secondary N) is 2. The lowest BCUT2D eigenvalue weighted by Crippen LogP contribution is -2.15. The van der Waals surface area contributed by atoms with Crippen molar-refractivity contribution >= 4 is 50.7 Å². The molecule has 1 aliphatic heterocycles. The van der Waals surface area contributed by atoms with Gasteiger partial charge >= 0.3 is 0 Å². The van der Waals surface area contributed by atoms with Gasteiger partial charge in [0.1, 0.15) is 5.75 Å². The zero-order chi connectivity index (χ0) is 18.9. The third kappa shape index (κ3) is 4.08. The molecular weight excluding hydrogens is 396 g/mol. The lowest BCUT2D eigenvalue weighted by Gasteiger charge is -2.14. The molecule has 0 radical (unpaired) electrons. The van der Waals surface area contributed by atoms with Gasteiger partial charge in [-0.15, -0.1) is 11.8 Å². The first kappa shape index (κ1) is 18.9. The van der Waals surface area contributed by atoms with Gasteiger partial charge in [-0.05, 0) is 36.4 Å². The van der Waals surface area contributed by atoms with Gasteiger partial charge in [0.2, 0.25) is 5.91 Å². The number of fused-ring (bicyclic) bond motifs is 1. The van der Waals surface area contributed by atoms with Gasteiger partial charge in [0, 0.05) is 21.6 Å². The fourth-order valence-electron chi connectivity index (χ4n) is 2.56. The minimum absolute atomic E-state index is 0.0359. The molecule has 3 rings (SSSR count). The van der Waals surface area contributed by atoms with Crippen molar-refractivity contribution in [3.63, 3.8) is 0 Å². The highest BCUT2D eigenvalue weighted by molar-refractivity contribution is 8.00. The molecule has 26 heavy (non-hydrogen) atoms. The van der Waals surface area contributed by atoms with Crippen molar-refractivity contribution in [3.05, 3.63) is 41.4 Å². The van der Waals surface area contributed by atoms with Crippen LogP contribution in [-0.2, 0) is 14.8 Å². The zero-order valence-corrected chi connectivity index (χ0v) is 16.5. The van der Waals surface area contributed by atoms with Crippen LogP contribution in [-0.4, -0.2) is 26.7 Å². The van der Waals surface area contributed by atoms with E-state index in [4.69, 9.17) is 16.3 Å². The molecule has 0 bridgehead atoms. The summed E-state index contributed by atoms with van der Waals surface area (Å²) in [6.07, 6.45) is 0.374. The first-order valence-corrected chi connectivity index (χ1v) is 10.5. The molecule has 0 spiro atoms. The Kier molecular flexibility index (Phi) is 5.36. The molecule has 0 aromatic heterocycles. The van der Waals surface area contributed by atoms with E-state index in [-0.39, 0.29) is 21.7 Å². The highest BCUT2D eigenvalue weighted by Crippen LogP contribution is 2.37. The van der Waals surface area contributed by atoms with E-state index in [1.165, 1.54) is 37.1 Å². The van der Waals surface area contributed by atoms with Crippen molar-refractivity contribution < 1.29 is 17.9 Å². The van der Waals surface area contributed by atoms with Gasteiger partial charge in [-0.2, -0.15) is 0 Å².